The number of carbonyl (C=O) groups excluding carboxylic acids is 1. The van der Waals surface area contributed by atoms with E-state index in [0.717, 1.165) is 44.9 Å². The van der Waals surface area contributed by atoms with Gasteiger partial charge in [-0.15, -0.1) is 0 Å². The van der Waals surface area contributed by atoms with E-state index in [1.807, 2.05) is 0 Å². The van der Waals surface area contributed by atoms with E-state index in [4.69, 9.17) is 5.73 Å². The highest BCUT2D eigenvalue weighted by molar-refractivity contribution is 5.83. The molecule has 0 fully saturated rings. The predicted molar refractivity (Wildman–Crippen MR) is 122 cm³/mol. The number of hydrogen-bond donors (Lipinski definition) is 3. The van der Waals surface area contributed by atoms with Crippen LogP contribution >= 0.6 is 0 Å². The third-order valence-corrected chi connectivity index (χ3v) is 4.93. The van der Waals surface area contributed by atoms with Gasteiger partial charge in [-0.05, 0) is 64.3 Å². The molecular formula is C24H44N2O3. The van der Waals surface area contributed by atoms with Crippen molar-refractivity contribution in [1.29, 1.82) is 0 Å². The second kappa shape index (κ2) is 21.1. The number of allylic oxidation sites excluding steroid dienone is 4. The Balaban J connectivity index is 3.58. The van der Waals surface area contributed by atoms with Crippen LogP contribution in [0.25, 0.3) is 0 Å². The van der Waals surface area contributed by atoms with Crippen LogP contribution in [0, 0.1) is 0 Å². The van der Waals surface area contributed by atoms with Gasteiger partial charge in [0.05, 0.1) is 0 Å². The highest BCUT2D eigenvalue weighted by atomic mass is 16.4. The van der Waals surface area contributed by atoms with Crippen molar-refractivity contribution in [3.8, 4) is 0 Å². The van der Waals surface area contributed by atoms with Crippen LogP contribution < -0.4 is 11.1 Å². The number of carboxylic acid groups (broad SMARTS) is 1. The average Bonchev–Trinajstić information content (AvgIpc) is 2.70. The number of aliphatic carboxylic acids is 1. The summed E-state index contributed by atoms with van der Waals surface area (Å²) in [6.07, 6.45) is 24.0. The Bertz CT molecular complexity index is 461. The summed E-state index contributed by atoms with van der Waals surface area (Å²) in [6.45, 7) is 2.78. The van der Waals surface area contributed by atoms with Crippen molar-refractivity contribution in [3.05, 3.63) is 24.3 Å². The van der Waals surface area contributed by atoms with Crippen LogP contribution in [0.1, 0.15) is 103 Å². The third-order valence-electron chi connectivity index (χ3n) is 4.93. The maximum atomic E-state index is 11.9. The molecule has 1 atom stereocenters. The summed E-state index contributed by atoms with van der Waals surface area (Å²) in [5.74, 6) is -1.12. The van der Waals surface area contributed by atoms with Crippen LogP contribution in [-0.2, 0) is 9.59 Å². The van der Waals surface area contributed by atoms with Crippen LogP contribution in [0.15, 0.2) is 24.3 Å². The van der Waals surface area contributed by atoms with Gasteiger partial charge in [-0.3, -0.25) is 4.79 Å². The fourth-order valence-corrected chi connectivity index (χ4v) is 3.11. The number of nitrogens with one attached hydrogen (secondary N) is 1. The Morgan fingerprint density at radius 2 is 1.48 bits per heavy atom. The van der Waals surface area contributed by atoms with Gasteiger partial charge in [0.25, 0.3) is 0 Å². The minimum Gasteiger partial charge on any atom is -0.480 e. The van der Waals surface area contributed by atoms with Gasteiger partial charge in [-0.2, -0.15) is 0 Å². The summed E-state index contributed by atoms with van der Waals surface area (Å²) in [5.41, 5.74) is 5.42. The normalized spacial score (nSPS) is 12.6. The van der Waals surface area contributed by atoms with Crippen LogP contribution in [0.5, 0.6) is 0 Å². The van der Waals surface area contributed by atoms with Crippen molar-refractivity contribution in [3.63, 3.8) is 0 Å². The zero-order valence-electron chi connectivity index (χ0n) is 18.5. The molecule has 0 saturated heterocycles. The maximum Gasteiger partial charge on any atom is 0.326 e. The number of hydrogen-bond acceptors (Lipinski definition) is 3. The third kappa shape index (κ3) is 19.5. The lowest BCUT2D eigenvalue weighted by Crippen LogP contribution is -2.40. The first kappa shape index (κ1) is 27.4. The zero-order valence-corrected chi connectivity index (χ0v) is 18.5. The smallest absolute Gasteiger partial charge is 0.326 e. The summed E-state index contributed by atoms with van der Waals surface area (Å²) < 4.78 is 0. The van der Waals surface area contributed by atoms with E-state index in [-0.39, 0.29) is 5.91 Å². The lowest BCUT2D eigenvalue weighted by Gasteiger charge is -2.14. The second-order valence-electron chi connectivity index (χ2n) is 7.72. The monoisotopic (exact) mass is 408 g/mol. The zero-order chi connectivity index (χ0) is 21.6. The quantitative estimate of drug-likeness (QED) is 0.183. The Morgan fingerprint density at radius 1 is 0.862 bits per heavy atom. The number of carboxylic acids is 1. The van der Waals surface area contributed by atoms with Gasteiger partial charge in [0, 0.05) is 6.42 Å². The maximum absolute atomic E-state index is 11.9. The Labute approximate surface area is 178 Å². The minimum atomic E-state index is -0.963. The summed E-state index contributed by atoms with van der Waals surface area (Å²) in [4.78, 5) is 23.1. The fourth-order valence-electron chi connectivity index (χ4n) is 3.11. The molecule has 0 aromatic rings. The lowest BCUT2D eigenvalue weighted by atomic mass is 10.1. The van der Waals surface area contributed by atoms with E-state index in [2.05, 4.69) is 36.5 Å². The van der Waals surface area contributed by atoms with Gasteiger partial charge in [0.2, 0.25) is 5.91 Å². The number of carbonyl (C=O) groups is 2. The molecule has 0 aromatic carbocycles. The molecule has 0 aromatic heterocycles. The molecule has 0 unspecified atom stereocenters. The average molecular weight is 409 g/mol. The molecular weight excluding hydrogens is 364 g/mol. The van der Waals surface area contributed by atoms with Crippen molar-refractivity contribution in [2.75, 3.05) is 6.54 Å². The molecule has 0 heterocycles. The van der Waals surface area contributed by atoms with Crippen molar-refractivity contribution < 1.29 is 14.7 Å². The summed E-state index contributed by atoms with van der Waals surface area (Å²) in [5, 5.41) is 11.8. The first-order valence-electron chi connectivity index (χ1n) is 11.6. The first-order chi connectivity index (χ1) is 14.1. The Kier molecular flexibility index (Phi) is 19.9. The molecule has 168 valence electrons. The molecule has 4 N–H and O–H groups in total. The van der Waals surface area contributed by atoms with E-state index in [9.17, 15) is 14.7 Å². The second-order valence-corrected chi connectivity index (χ2v) is 7.72. The van der Waals surface area contributed by atoms with Crippen LogP contribution in [0.3, 0.4) is 0 Å². The number of unbranched alkanes of at least 4 members (excludes halogenated alkanes) is 9. The summed E-state index contributed by atoms with van der Waals surface area (Å²) in [7, 11) is 0. The SMILES string of the molecule is CCCCC/C=C/C/C=C/CCCCCCCC(=O)N[C@@H](CCCCN)C(=O)O. The molecule has 0 aliphatic heterocycles. The highest BCUT2D eigenvalue weighted by Gasteiger charge is 2.18. The molecule has 0 aliphatic rings. The minimum absolute atomic E-state index is 0.157. The van der Waals surface area contributed by atoms with E-state index in [1.54, 1.807) is 0 Å². The topological polar surface area (TPSA) is 92.4 Å². The number of rotatable bonds is 20. The molecule has 0 spiro atoms. The predicted octanol–water partition coefficient (Wildman–Crippen LogP) is 5.50. The van der Waals surface area contributed by atoms with Gasteiger partial charge in [-0.1, -0.05) is 63.3 Å². The highest BCUT2D eigenvalue weighted by Crippen LogP contribution is 2.09. The fraction of sp³-hybridized carbons (Fsp3) is 0.750. The molecule has 5 heteroatoms. The molecule has 5 nitrogen and oxygen atoms in total. The molecule has 0 saturated carbocycles. The van der Waals surface area contributed by atoms with E-state index in [1.165, 1.54) is 38.5 Å². The molecule has 0 rings (SSSR count). The van der Waals surface area contributed by atoms with Crippen molar-refractivity contribution in [2.45, 2.75) is 109 Å². The molecule has 0 bridgehead atoms. The number of amides is 1. The van der Waals surface area contributed by atoms with Crippen molar-refractivity contribution >= 4 is 11.9 Å². The van der Waals surface area contributed by atoms with E-state index >= 15 is 0 Å². The standard InChI is InChI=1S/C24H44N2O3/c1-2-3-4-5-6-7-8-9-10-11-12-13-14-15-16-20-23(27)26-22(24(28)29)19-17-18-21-25/h6-7,9-10,22H,2-5,8,11-21,25H2,1H3,(H,26,27)(H,28,29)/b7-6+,10-9+/t22-/m0/s1. The van der Waals surface area contributed by atoms with Gasteiger partial charge in [-0.25, -0.2) is 4.79 Å². The van der Waals surface area contributed by atoms with Crippen LogP contribution in [0.2, 0.25) is 0 Å². The molecule has 29 heavy (non-hydrogen) atoms. The van der Waals surface area contributed by atoms with Crippen molar-refractivity contribution in [1.82, 2.24) is 5.32 Å². The van der Waals surface area contributed by atoms with Gasteiger partial charge >= 0.3 is 5.97 Å². The van der Waals surface area contributed by atoms with Crippen LogP contribution in [-0.4, -0.2) is 29.6 Å². The lowest BCUT2D eigenvalue weighted by molar-refractivity contribution is -0.142. The molecule has 1 amide bonds. The molecule has 0 radical (unpaired) electrons. The summed E-state index contributed by atoms with van der Waals surface area (Å²) >= 11 is 0. The Hall–Kier alpha value is -1.62. The van der Waals surface area contributed by atoms with Gasteiger partial charge in [0.1, 0.15) is 6.04 Å². The van der Waals surface area contributed by atoms with Gasteiger partial charge in [0.15, 0.2) is 0 Å². The first-order valence-corrected chi connectivity index (χ1v) is 11.6. The van der Waals surface area contributed by atoms with Crippen molar-refractivity contribution in [2.24, 2.45) is 5.73 Å². The number of nitrogens with two attached hydrogens (primary N) is 1. The summed E-state index contributed by atoms with van der Waals surface area (Å²) in [6, 6.07) is -0.785. The van der Waals surface area contributed by atoms with E-state index < -0.39 is 12.0 Å². The molecule has 0 aliphatic carbocycles. The van der Waals surface area contributed by atoms with Crippen LogP contribution in [0.4, 0.5) is 0 Å². The van der Waals surface area contributed by atoms with E-state index in [0.29, 0.717) is 19.4 Å². The van der Waals surface area contributed by atoms with Gasteiger partial charge < -0.3 is 16.2 Å². The largest absolute Gasteiger partial charge is 0.480 e. The Morgan fingerprint density at radius 3 is 2.10 bits per heavy atom.